The van der Waals surface area contributed by atoms with Crippen molar-refractivity contribution in [1.29, 1.82) is 0 Å². The highest BCUT2D eigenvalue weighted by molar-refractivity contribution is 7.92. The van der Waals surface area contributed by atoms with Crippen molar-refractivity contribution in [2.75, 3.05) is 16.6 Å². The van der Waals surface area contributed by atoms with E-state index in [1.54, 1.807) is 18.2 Å². The van der Waals surface area contributed by atoms with Crippen LogP contribution in [-0.4, -0.2) is 20.9 Å². The van der Waals surface area contributed by atoms with E-state index >= 15 is 0 Å². The molecule has 0 atom stereocenters. The zero-order chi connectivity index (χ0) is 23.8. The zero-order valence-electron chi connectivity index (χ0n) is 18.6. The maximum atomic E-state index is 12.6. The third kappa shape index (κ3) is 7.23. The van der Waals surface area contributed by atoms with Crippen LogP contribution >= 0.6 is 11.6 Å². The maximum absolute atomic E-state index is 12.6. The summed E-state index contributed by atoms with van der Waals surface area (Å²) in [6.07, 6.45) is 3.30. The second-order valence-corrected chi connectivity index (χ2v) is 9.77. The molecule has 0 heterocycles. The molecule has 0 aliphatic carbocycles. The number of hydrogen-bond donors (Lipinski definition) is 2. The second kappa shape index (κ2) is 11.2. The van der Waals surface area contributed by atoms with Crippen LogP contribution in [0.1, 0.15) is 30.9 Å². The number of halogens is 1. The molecule has 0 radical (unpaired) electrons. The van der Waals surface area contributed by atoms with Crippen molar-refractivity contribution in [1.82, 2.24) is 0 Å². The van der Waals surface area contributed by atoms with Crippen LogP contribution in [0.3, 0.4) is 0 Å². The van der Waals surface area contributed by atoms with Gasteiger partial charge in [-0.15, -0.1) is 0 Å². The van der Waals surface area contributed by atoms with Crippen LogP contribution in [0.25, 0.3) is 0 Å². The minimum atomic E-state index is -3.78. The molecule has 0 saturated heterocycles. The Balaban J connectivity index is 1.53. The molecule has 174 valence electrons. The fourth-order valence-corrected chi connectivity index (χ4v) is 4.30. The van der Waals surface area contributed by atoms with E-state index in [-0.39, 0.29) is 17.4 Å². The van der Waals surface area contributed by atoms with Gasteiger partial charge < -0.3 is 10.1 Å². The summed E-state index contributed by atoms with van der Waals surface area (Å²) < 4.78 is 33.2. The van der Waals surface area contributed by atoms with Gasteiger partial charge in [0, 0.05) is 10.7 Å². The lowest BCUT2D eigenvalue weighted by atomic mass is 10.1. The molecule has 0 saturated carbocycles. The largest absolute Gasteiger partial charge is 0.484 e. The van der Waals surface area contributed by atoms with Gasteiger partial charge in [-0.1, -0.05) is 43.1 Å². The first kappa shape index (κ1) is 24.6. The molecule has 0 fully saturated rings. The van der Waals surface area contributed by atoms with Crippen LogP contribution in [0.15, 0.2) is 71.6 Å². The first-order chi connectivity index (χ1) is 15.8. The summed E-state index contributed by atoms with van der Waals surface area (Å²) in [6, 6.07) is 18.5. The third-order valence-corrected chi connectivity index (χ3v) is 6.79. The molecule has 0 aromatic heterocycles. The summed E-state index contributed by atoms with van der Waals surface area (Å²) in [5.74, 6) is 0.0864. The van der Waals surface area contributed by atoms with E-state index in [4.69, 9.17) is 16.3 Å². The van der Waals surface area contributed by atoms with E-state index in [0.29, 0.717) is 22.1 Å². The van der Waals surface area contributed by atoms with Gasteiger partial charge in [0.1, 0.15) is 5.75 Å². The number of unbranched alkanes of at least 4 members (excludes halogenated alkanes) is 1. The lowest BCUT2D eigenvalue weighted by Gasteiger charge is -2.11. The number of nitrogens with one attached hydrogen (secondary N) is 2. The molecule has 0 bridgehead atoms. The van der Waals surface area contributed by atoms with E-state index in [0.717, 1.165) is 24.8 Å². The van der Waals surface area contributed by atoms with Gasteiger partial charge in [0.25, 0.3) is 15.9 Å². The normalized spacial score (nSPS) is 11.1. The summed E-state index contributed by atoms with van der Waals surface area (Å²) in [6.45, 7) is 3.80. The van der Waals surface area contributed by atoms with E-state index in [1.165, 1.54) is 29.8 Å². The minimum Gasteiger partial charge on any atom is -0.484 e. The topological polar surface area (TPSA) is 84.5 Å². The molecule has 6 nitrogen and oxygen atoms in total. The van der Waals surface area contributed by atoms with Crippen molar-refractivity contribution in [3.8, 4) is 5.75 Å². The molecule has 3 rings (SSSR count). The van der Waals surface area contributed by atoms with Gasteiger partial charge in [0.05, 0.1) is 10.6 Å². The summed E-state index contributed by atoms with van der Waals surface area (Å²) >= 11 is 6.06. The van der Waals surface area contributed by atoms with Gasteiger partial charge in [-0.05, 0) is 79.4 Å². The monoisotopic (exact) mass is 486 g/mol. The van der Waals surface area contributed by atoms with Crippen molar-refractivity contribution < 1.29 is 17.9 Å². The number of carbonyl (C=O) groups excluding carboxylic acids is 1. The van der Waals surface area contributed by atoms with Gasteiger partial charge in [-0.3, -0.25) is 9.52 Å². The highest BCUT2D eigenvalue weighted by atomic mass is 35.5. The van der Waals surface area contributed by atoms with Crippen molar-refractivity contribution in [3.63, 3.8) is 0 Å². The van der Waals surface area contributed by atoms with Crippen molar-refractivity contribution >= 4 is 38.9 Å². The predicted molar refractivity (Wildman–Crippen MR) is 133 cm³/mol. The van der Waals surface area contributed by atoms with Gasteiger partial charge >= 0.3 is 0 Å². The molecule has 3 aromatic rings. The summed E-state index contributed by atoms with van der Waals surface area (Å²) in [5.41, 5.74) is 3.17. The van der Waals surface area contributed by atoms with Crippen molar-refractivity contribution in [3.05, 3.63) is 82.9 Å². The average Bonchev–Trinajstić information content (AvgIpc) is 2.80. The molecular formula is C25H27ClN2O4S. The quantitative estimate of drug-likeness (QED) is 0.378. The van der Waals surface area contributed by atoms with Crippen molar-refractivity contribution in [2.45, 2.75) is 38.0 Å². The van der Waals surface area contributed by atoms with Crippen LogP contribution in [0.2, 0.25) is 5.02 Å². The highest BCUT2D eigenvalue weighted by Gasteiger charge is 2.15. The number of hydrogen-bond acceptors (Lipinski definition) is 4. The highest BCUT2D eigenvalue weighted by Crippen LogP contribution is 2.23. The Hall–Kier alpha value is -3.03. The molecule has 3 aromatic carbocycles. The molecule has 0 aliphatic heterocycles. The van der Waals surface area contributed by atoms with Crippen LogP contribution in [0.4, 0.5) is 11.4 Å². The van der Waals surface area contributed by atoms with Crippen molar-refractivity contribution in [2.24, 2.45) is 0 Å². The van der Waals surface area contributed by atoms with E-state index in [1.807, 2.05) is 31.2 Å². The van der Waals surface area contributed by atoms with E-state index in [2.05, 4.69) is 17.0 Å². The van der Waals surface area contributed by atoms with Crippen LogP contribution in [-0.2, 0) is 21.2 Å². The first-order valence-electron chi connectivity index (χ1n) is 10.7. The molecule has 33 heavy (non-hydrogen) atoms. The minimum absolute atomic E-state index is 0.0687. The first-order valence-corrected chi connectivity index (χ1v) is 12.5. The number of benzene rings is 3. The Morgan fingerprint density at radius 2 is 1.64 bits per heavy atom. The number of sulfonamides is 1. The molecule has 0 unspecified atom stereocenters. The zero-order valence-corrected chi connectivity index (χ0v) is 20.2. The average molecular weight is 487 g/mol. The second-order valence-electron chi connectivity index (χ2n) is 7.68. The summed E-state index contributed by atoms with van der Waals surface area (Å²) in [4.78, 5) is 12.2. The molecule has 8 heteroatoms. The third-order valence-electron chi connectivity index (χ3n) is 4.98. The summed E-state index contributed by atoms with van der Waals surface area (Å²) in [5, 5.41) is 3.26. The van der Waals surface area contributed by atoms with Gasteiger partial charge in [0.2, 0.25) is 0 Å². The Labute approximate surface area is 200 Å². The van der Waals surface area contributed by atoms with E-state index < -0.39 is 10.0 Å². The molecular weight excluding hydrogens is 460 g/mol. The number of aryl methyl sites for hydroxylation is 2. The SMILES string of the molecule is CCCCc1ccc(NC(=O)COc2ccc(S(=O)(=O)Nc3ccc(C)c(Cl)c3)cc2)cc1. The maximum Gasteiger partial charge on any atom is 0.262 e. The number of carbonyl (C=O) groups is 1. The fraction of sp³-hybridized carbons (Fsp3) is 0.240. The molecule has 1 amide bonds. The predicted octanol–water partition coefficient (Wildman–Crippen LogP) is 5.81. The number of rotatable bonds is 10. The number of ether oxygens (including phenoxy) is 1. The lowest BCUT2D eigenvalue weighted by molar-refractivity contribution is -0.118. The standard InChI is InChI=1S/C25H27ClN2O4S/c1-3-4-5-19-7-10-20(11-8-19)27-25(29)17-32-22-12-14-23(15-13-22)33(30,31)28-21-9-6-18(2)24(26)16-21/h6-16,28H,3-5,17H2,1-2H3,(H,27,29). The lowest BCUT2D eigenvalue weighted by Crippen LogP contribution is -2.20. The number of anilines is 2. The Kier molecular flexibility index (Phi) is 8.36. The van der Waals surface area contributed by atoms with Gasteiger partial charge in [-0.2, -0.15) is 0 Å². The Morgan fingerprint density at radius 1 is 0.970 bits per heavy atom. The van der Waals surface area contributed by atoms with E-state index in [9.17, 15) is 13.2 Å². The molecule has 0 spiro atoms. The molecule has 0 aliphatic rings. The smallest absolute Gasteiger partial charge is 0.262 e. The number of amides is 1. The van der Waals surface area contributed by atoms with Crippen LogP contribution < -0.4 is 14.8 Å². The molecule has 2 N–H and O–H groups in total. The van der Waals surface area contributed by atoms with Gasteiger partial charge in [-0.25, -0.2) is 8.42 Å². The Morgan fingerprint density at radius 3 is 2.27 bits per heavy atom. The summed E-state index contributed by atoms with van der Waals surface area (Å²) in [7, 11) is -3.78. The van der Waals surface area contributed by atoms with Crippen LogP contribution in [0.5, 0.6) is 5.75 Å². The fourth-order valence-electron chi connectivity index (χ4n) is 3.07. The Bertz CT molecular complexity index is 1190. The van der Waals surface area contributed by atoms with Crippen LogP contribution in [0, 0.1) is 6.92 Å². The van der Waals surface area contributed by atoms with Gasteiger partial charge in [0.15, 0.2) is 6.61 Å².